The van der Waals surface area contributed by atoms with Crippen LogP contribution in [-0.4, -0.2) is 42.3 Å². The minimum Gasteiger partial charge on any atom is -0.504 e. The van der Waals surface area contributed by atoms with Crippen molar-refractivity contribution in [1.29, 1.82) is 0 Å². The molecule has 0 aliphatic rings. The van der Waals surface area contributed by atoms with Crippen LogP contribution in [0.15, 0.2) is 23.2 Å². The van der Waals surface area contributed by atoms with Gasteiger partial charge in [0.15, 0.2) is 17.5 Å². The van der Waals surface area contributed by atoms with E-state index in [2.05, 4.69) is 35.7 Å². The molecule has 0 fully saturated rings. The van der Waals surface area contributed by atoms with E-state index in [0.717, 1.165) is 24.6 Å². The molecule has 0 aromatic heterocycles. The van der Waals surface area contributed by atoms with Gasteiger partial charge in [0.05, 0.1) is 13.7 Å². The summed E-state index contributed by atoms with van der Waals surface area (Å²) in [7, 11) is 1.54. The molecule has 0 amide bonds. The van der Waals surface area contributed by atoms with Crippen molar-refractivity contribution in [2.45, 2.75) is 32.1 Å². The lowest BCUT2D eigenvalue weighted by Crippen LogP contribution is -2.43. The number of ether oxygens (including phenoxy) is 1. The van der Waals surface area contributed by atoms with Gasteiger partial charge in [-0.05, 0) is 33.1 Å². The largest absolute Gasteiger partial charge is 0.504 e. The van der Waals surface area contributed by atoms with Crippen molar-refractivity contribution >= 4 is 41.7 Å². The molecule has 0 aliphatic carbocycles. The van der Waals surface area contributed by atoms with Gasteiger partial charge >= 0.3 is 0 Å². The van der Waals surface area contributed by atoms with Gasteiger partial charge in [0.1, 0.15) is 0 Å². The van der Waals surface area contributed by atoms with Crippen LogP contribution in [0.1, 0.15) is 26.3 Å². The number of benzene rings is 1. The van der Waals surface area contributed by atoms with Gasteiger partial charge in [-0.1, -0.05) is 12.1 Å². The molecule has 0 bridgehead atoms. The van der Waals surface area contributed by atoms with Gasteiger partial charge in [-0.3, -0.25) is 0 Å². The first-order valence-corrected chi connectivity index (χ1v) is 8.58. The molecule has 5 nitrogen and oxygen atoms in total. The number of hydrogen-bond donors (Lipinski definition) is 3. The quantitative estimate of drug-likeness (QED) is 0.336. The van der Waals surface area contributed by atoms with E-state index in [-0.39, 0.29) is 34.5 Å². The summed E-state index contributed by atoms with van der Waals surface area (Å²) >= 11 is 1.81. The second-order valence-corrected chi connectivity index (χ2v) is 6.99. The van der Waals surface area contributed by atoms with Crippen LogP contribution in [0.2, 0.25) is 0 Å². The summed E-state index contributed by atoms with van der Waals surface area (Å²) in [6.07, 6.45) is 2.10. The Balaban J connectivity index is 0.00000484. The first-order valence-electron chi connectivity index (χ1n) is 7.35. The summed E-state index contributed by atoms with van der Waals surface area (Å²) in [6.45, 7) is 8.38. The first-order chi connectivity index (χ1) is 10.4. The van der Waals surface area contributed by atoms with Gasteiger partial charge in [0.2, 0.25) is 0 Å². The van der Waals surface area contributed by atoms with Gasteiger partial charge in [-0.25, -0.2) is 4.99 Å². The number of phenols is 1. The number of aromatic hydroxyl groups is 1. The Bertz CT molecular complexity index is 510. The molecule has 0 atom stereocenters. The molecule has 0 aliphatic heterocycles. The van der Waals surface area contributed by atoms with Crippen LogP contribution in [0.5, 0.6) is 11.5 Å². The molecule has 23 heavy (non-hydrogen) atoms. The fourth-order valence-corrected chi connectivity index (χ4v) is 1.95. The van der Waals surface area contributed by atoms with E-state index >= 15 is 0 Å². The van der Waals surface area contributed by atoms with Crippen molar-refractivity contribution in [3.05, 3.63) is 23.8 Å². The average Bonchev–Trinajstić information content (AvgIpc) is 2.51. The molecule has 0 radical (unpaired) electrons. The molecule has 3 N–H and O–H groups in total. The molecule has 1 rings (SSSR count). The number of guanidine groups is 1. The Hall–Kier alpha value is -0.830. The minimum atomic E-state index is 0. The van der Waals surface area contributed by atoms with Gasteiger partial charge < -0.3 is 20.5 Å². The van der Waals surface area contributed by atoms with Gasteiger partial charge in [-0.2, -0.15) is 11.8 Å². The number of nitrogens with zero attached hydrogens (tertiary/aromatic N) is 1. The fourth-order valence-electron chi connectivity index (χ4n) is 1.73. The Morgan fingerprint density at radius 1 is 1.35 bits per heavy atom. The van der Waals surface area contributed by atoms with Crippen molar-refractivity contribution in [3.63, 3.8) is 0 Å². The molecule has 132 valence electrons. The lowest BCUT2D eigenvalue weighted by Gasteiger charge is -2.23. The number of methoxy groups -OCH3 is 1. The number of thioether (sulfide) groups is 1. The topological polar surface area (TPSA) is 65.9 Å². The third-order valence-corrected chi connectivity index (χ3v) is 4.54. The number of para-hydroxylation sites is 1. The van der Waals surface area contributed by atoms with Crippen LogP contribution in [-0.2, 0) is 6.54 Å². The zero-order valence-corrected chi connectivity index (χ0v) is 17.6. The van der Waals surface area contributed by atoms with Crippen molar-refractivity contribution in [2.24, 2.45) is 4.99 Å². The minimum absolute atomic E-state index is 0. The molecule has 0 spiro atoms. The number of nitrogens with one attached hydrogen (secondary N) is 2. The number of rotatable bonds is 7. The van der Waals surface area contributed by atoms with Crippen molar-refractivity contribution in [1.82, 2.24) is 10.6 Å². The number of phenolic OH excluding ortho intramolecular Hbond substituents is 1. The molecule has 1 aromatic rings. The summed E-state index contributed by atoms with van der Waals surface area (Å²) in [4.78, 5) is 4.53. The third-order valence-electron chi connectivity index (χ3n) is 3.29. The highest BCUT2D eigenvalue weighted by molar-refractivity contribution is 14.0. The van der Waals surface area contributed by atoms with Crippen molar-refractivity contribution in [3.8, 4) is 11.5 Å². The number of hydrogen-bond acceptors (Lipinski definition) is 4. The Labute approximate surface area is 160 Å². The molecule has 0 saturated carbocycles. The van der Waals surface area contributed by atoms with Crippen LogP contribution >= 0.6 is 35.7 Å². The highest BCUT2D eigenvalue weighted by atomic mass is 127. The van der Waals surface area contributed by atoms with Crippen molar-refractivity contribution in [2.75, 3.05) is 26.5 Å². The molecule has 0 saturated heterocycles. The Morgan fingerprint density at radius 2 is 2.04 bits per heavy atom. The standard InChI is InChI=1S/C16H27N3O2S.HI/c1-6-17-15(19-11-16(2,3)22-5)18-10-12-8-7-9-13(21-4)14(12)20;/h7-9,20H,6,10-11H2,1-5H3,(H2,17,18,19);1H. The first kappa shape index (κ1) is 22.2. The summed E-state index contributed by atoms with van der Waals surface area (Å²) in [6, 6.07) is 5.42. The average molecular weight is 453 g/mol. The maximum absolute atomic E-state index is 10.1. The summed E-state index contributed by atoms with van der Waals surface area (Å²) in [5.41, 5.74) is 0.737. The molecular weight excluding hydrogens is 425 g/mol. The van der Waals surface area contributed by atoms with Crippen LogP contribution in [0.3, 0.4) is 0 Å². The number of halogens is 1. The van der Waals surface area contributed by atoms with Crippen LogP contribution in [0, 0.1) is 0 Å². The van der Waals surface area contributed by atoms with E-state index in [1.54, 1.807) is 6.07 Å². The van der Waals surface area contributed by atoms with Gasteiger partial charge in [-0.15, -0.1) is 24.0 Å². The Morgan fingerprint density at radius 3 is 2.61 bits per heavy atom. The summed E-state index contributed by atoms with van der Waals surface area (Å²) in [5.74, 6) is 1.36. The second-order valence-electron chi connectivity index (χ2n) is 5.48. The highest BCUT2D eigenvalue weighted by Gasteiger charge is 2.16. The summed E-state index contributed by atoms with van der Waals surface area (Å²) in [5, 5.41) is 16.6. The maximum atomic E-state index is 10.1. The predicted molar refractivity (Wildman–Crippen MR) is 110 cm³/mol. The number of aliphatic imine (C=N–C) groups is 1. The van der Waals surface area contributed by atoms with Gasteiger partial charge in [0.25, 0.3) is 0 Å². The van der Waals surface area contributed by atoms with E-state index in [1.807, 2.05) is 30.8 Å². The third kappa shape index (κ3) is 7.52. The van der Waals surface area contributed by atoms with Gasteiger partial charge in [0, 0.05) is 23.4 Å². The van der Waals surface area contributed by atoms with E-state index in [9.17, 15) is 5.11 Å². The van der Waals surface area contributed by atoms with E-state index in [0.29, 0.717) is 12.3 Å². The maximum Gasteiger partial charge on any atom is 0.191 e. The van der Waals surface area contributed by atoms with E-state index in [1.165, 1.54) is 7.11 Å². The Kier molecular flexibility index (Phi) is 10.5. The van der Waals surface area contributed by atoms with E-state index in [4.69, 9.17) is 4.74 Å². The molecule has 0 unspecified atom stereocenters. The zero-order valence-electron chi connectivity index (χ0n) is 14.5. The van der Waals surface area contributed by atoms with Crippen LogP contribution in [0.4, 0.5) is 0 Å². The predicted octanol–water partition coefficient (Wildman–Crippen LogP) is 3.22. The normalized spacial score (nSPS) is 11.6. The molecule has 7 heteroatoms. The summed E-state index contributed by atoms with van der Waals surface area (Å²) < 4.78 is 5.25. The highest BCUT2D eigenvalue weighted by Crippen LogP contribution is 2.29. The SMILES string of the molecule is CCNC(=NCc1cccc(OC)c1O)NCC(C)(C)SC.I. The van der Waals surface area contributed by atoms with Crippen molar-refractivity contribution < 1.29 is 9.84 Å². The fraction of sp³-hybridized carbons (Fsp3) is 0.562. The zero-order chi connectivity index (χ0) is 16.6. The van der Waals surface area contributed by atoms with E-state index < -0.39 is 0 Å². The lowest BCUT2D eigenvalue weighted by molar-refractivity contribution is 0.370. The smallest absolute Gasteiger partial charge is 0.191 e. The second kappa shape index (κ2) is 10.9. The molecule has 0 heterocycles. The lowest BCUT2D eigenvalue weighted by atomic mass is 10.2. The molecule has 1 aromatic carbocycles. The van der Waals surface area contributed by atoms with Crippen LogP contribution in [0.25, 0.3) is 0 Å². The van der Waals surface area contributed by atoms with Crippen LogP contribution < -0.4 is 15.4 Å². The molecular formula is C16H28IN3O2S. The monoisotopic (exact) mass is 453 g/mol.